The van der Waals surface area contributed by atoms with Crippen LogP contribution in [0.25, 0.3) is 0 Å². The normalized spacial score (nSPS) is 13.9. The number of amides is 1. The summed E-state index contributed by atoms with van der Waals surface area (Å²) in [5.41, 5.74) is 0.863. The fourth-order valence-electron chi connectivity index (χ4n) is 1.72. The van der Waals surface area contributed by atoms with Gasteiger partial charge in [0, 0.05) is 10.0 Å². The molecule has 0 aliphatic rings. The molecule has 19 heavy (non-hydrogen) atoms. The molecule has 0 radical (unpaired) electrons. The molecule has 1 aromatic rings. The van der Waals surface area contributed by atoms with Crippen LogP contribution in [0.3, 0.4) is 0 Å². The number of halogens is 2. The van der Waals surface area contributed by atoms with Gasteiger partial charge in [-0.1, -0.05) is 36.2 Å². The monoisotopic (exact) mass is 302 g/mol. The minimum absolute atomic E-state index is 0.0352. The molecule has 0 saturated heterocycles. The lowest BCUT2D eigenvalue weighted by atomic mass is 10.1. The summed E-state index contributed by atoms with van der Waals surface area (Å²) < 4.78 is 0. The molecule has 0 aromatic heterocycles. The summed E-state index contributed by atoms with van der Waals surface area (Å²) >= 11 is 12.0. The van der Waals surface area contributed by atoms with Gasteiger partial charge in [-0.05, 0) is 44.5 Å². The smallest absolute Gasteiger partial charge is 0.237 e. The lowest BCUT2D eigenvalue weighted by Crippen LogP contribution is -2.43. The van der Waals surface area contributed by atoms with E-state index in [-0.39, 0.29) is 18.0 Å². The molecule has 1 aromatic carbocycles. The maximum atomic E-state index is 12.0. The van der Waals surface area contributed by atoms with Crippen molar-refractivity contribution in [1.82, 2.24) is 10.6 Å². The summed E-state index contributed by atoms with van der Waals surface area (Å²) in [7, 11) is 0. The molecule has 0 heterocycles. The fourth-order valence-corrected chi connectivity index (χ4v) is 2.29. The van der Waals surface area contributed by atoms with Crippen LogP contribution >= 0.6 is 23.2 Å². The van der Waals surface area contributed by atoms with Gasteiger partial charge >= 0.3 is 0 Å². The van der Waals surface area contributed by atoms with Gasteiger partial charge < -0.3 is 10.6 Å². The van der Waals surface area contributed by atoms with Gasteiger partial charge in [-0.15, -0.1) is 0 Å². The Hall–Kier alpha value is -0.770. The zero-order chi connectivity index (χ0) is 14.4. The van der Waals surface area contributed by atoms with Gasteiger partial charge in [0.25, 0.3) is 0 Å². The molecule has 3 nitrogen and oxygen atoms in total. The second-order valence-electron chi connectivity index (χ2n) is 4.57. The summed E-state index contributed by atoms with van der Waals surface area (Å²) in [6, 6.07) is 4.92. The van der Waals surface area contributed by atoms with E-state index in [1.165, 1.54) is 0 Å². The highest BCUT2D eigenvalue weighted by molar-refractivity contribution is 6.35. The molecule has 1 rings (SSSR count). The van der Waals surface area contributed by atoms with E-state index in [2.05, 4.69) is 17.6 Å². The molecule has 5 heteroatoms. The Balaban J connectivity index is 2.63. The summed E-state index contributed by atoms with van der Waals surface area (Å²) in [5.74, 6) is -0.0352. The molecule has 0 aliphatic carbocycles. The van der Waals surface area contributed by atoms with Crippen LogP contribution in [0.4, 0.5) is 0 Å². The van der Waals surface area contributed by atoms with E-state index in [0.717, 1.165) is 18.5 Å². The van der Waals surface area contributed by atoms with E-state index < -0.39 is 0 Å². The van der Waals surface area contributed by atoms with Gasteiger partial charge in [0.2, 0.25) is 5.91 Å². The maximum absolute atomic E-state index is 12.0. The van der Waals surface area contributed by atoms with Crippen LogP contribution in [0, 0.1) is 0 Å². The van der Waals surface area contributed by atoms with E-state index in [1.54, 1.807) is 12.1 Å². The molecule has 0 spiro atoms. The summed E-state index contributed by atoms with van der Waals surface area (Å²) in [4.78, 5) is 12.0. The van der Waals surface area contributed by atoms with E-state index in [9.17, 15) is 4.79 Å². The lowest BCUT2D eigenvalue weighted by molar-refractivity contribution is -0.123. The van der Waals surface area contributed by atoms with Crippen molar-refractivity contribution in [1.29, 1.82) is 0 Å². The minimum atomic E-state index is -0.214. The van der Waals surface area contributed by atoms with Crippen LogP contribution < -0.4 is 10.6 Å². The molecule has 0 bridgehead atoms. The number of benzene rings is 1. The molecule has 2 atom stereocenters. The first-order valence-corrected chi connectivity index (χ1v) is 7.20. The number of hydrogen-bond acceptors (Lipinski definition) is 2. The molecule has 2 unspecified atom stereocenters. The van der Waals surface area contributed by atoms with Gasteiger partial charge in [-0.25, -0.2) is 0 Å². The lowest BCUT2D eigenvalue weighted by Gasteiger charge is -2.19. The van der Waals surface area contributed by atoms with Crippen molar-refractivity contribution in [2.45, 2.75) is 39.3 Å². The van der Waals surface area contributed by atoms with Crippen LogP contribution in [0.5, 0.6) is 0 Å². The maximum Gasteiger partial charge on any atom is 0.237 e. The standard InChI is InChI=1S/C14H20Cl2N2O/c1-4-7-17-10(3)14(19)18-9(2)12-6-5-11(15)8-13(12)16/h5-6,8-10,17H,4,7H2,1-3H3,(H,18,19). The highest BCUT2D eigenvalue weighted by Gasteiger charge is 2.17. The predicted molar refractivity (Wildman–Crippen MR) is 80.8 cm³/mol. The summed E-state index contributed by atoms with van der Waals surface area (Å²) in [6.45, 7) is 6.64. The van der Waals surface area contributed by atoms with Crippen LogP contribution in [0.15, 0.2) is 18.2 Å². The second-order valence-corrected chi connectivity index (χ2v) is 5.42. The molecular weight excluding hydrogens is 283 g/mol. The molecule has 106 valence electrons. The molecule has 0 saturated carbocycles. The Morgan fingerprint density at radius 2 is 2.00 bits per heavy atom. The molecule has 2 N–H and O–H groups in total. The molecule has 0 aliphatic heterocycles. The SMILES string of the molecule is CCCNC(C)C(=O)NC(C)c1ccc(Cl)cc1Cl. The van der Waals surface area contributed by atoms with Crippen molar-refractivity contribution in [3.8, 4) is 0 Å². The second kappa shape index (κ2) is 7.73. The topological polar surface area (TPSA) is 41.1 Å². The van der Waals surface area contributed by atoms with Crippen molar-refractivity contribution in [3.05, 3.63) is 33.8 Å². The van der Waals surface area contributed by atoms with Gasteiger partial charge in [-0.2, -0.15) is 0 Å². The Labute approximate surface area is 124 Å². The first-order chi connectivity index (χ1) is 8.95. The third kappa shape index (κ3) is 5.01. The van der Waals surface area contributed by atoms with Gasteiger partial charge in [0.1, 0.15) is 0 Å². The Morgan fingerprint density at radius 3 is 2.58 bits per heavy atom. The van der Waals surface area contributed by atoms with E-state index in [1.807, 2.05) is 19.9 Å². The van der Waals surface area contributed by atoms with Crippen LogP contribution in [-0.2, 0) is 4.79 Å². The summed E-state index contributed by atoms with van der Waals surface area (Å²) in [5, 5.41) is 7.24. The number of carbonyl (C=O) groups is 1. The molecular formula is C14H20Cl2N2O. The number of carbonyl (C=O) groups excluding carboxylic acids is 1. The van der Waals surface area contributed by atoms with Gasteiger partial charge in [-0.3, -0.25) is 4.79 Å². The average molecular weight is 303 g/mol. The van der Waals surface area contributed by atoms with E-state index >= 15 is 0 Å². The van der Waals surface area contributed by atoms with Crippen molar-refractivity contribution < 1.29 is 4.79 Å². The Bertz CT molecular complexity index is 437. The number of nitrogens with one attached hydrogen (secondary N) is 2. The highest BCUT2D eigenvalue weighted by Crippen LogP contribution is 2.26. The first-order valence-electron chi connectivity index (χ1n) is 6.44. The van der Waals surface area contributed by atoms with E-state index in [0.29, 0.717) is 10.0 Å². The highest BCUT2D eigenvalue weighted by atomic mass is 35.5. The number of hydrogen-bond donors (Lipinski definition) is 2. The predicted octanol–water partition coefficient (Wildman–Crippen LogP) is 3.56. The Morgan fingerprint density at radius 1 is 1.32 bits per heavy atom. The zero-order valence-corrected chi connectivity index (χ0v) is 13.0. The average Bonchev–Trinajstić information content (AvgIpc) is 2.35. The third-order valence-electron chi connectivity index (χ3n) is 2.88. The van der Waals surface area contributed by atoms with Crippen molar-refractivity contribution in [2.75, 3.05) is 6.54 Å². The summed E-state index contributed by atoms with van der Waals surface area (Å²) in [6.07, 6.45) is 0.996. The fraction of sp³-hybridized carbons (Fsp3) is 0.500. The molecule has 0 fully saturated rings. The zero-order valence-electron chi connectivity index (χ0n) is 11.5. The molecule has 1 amide bonds. The van der Waals surface area contributed by atoms with Gasteiger partial charge in [0.05, 0.1) is 12.1 Å². The van der Waals surface area contributed by atoms with Crippen LogP contribution in [0.2, 0.25) is 10.0 Å². The number of rotatable bonds is 6. The van der Waals surface area contributed by atoms with Crippen LogP contribution in [0.1, 0.15) is 38.8 Å². The third-order valence-corrected chi connectivity index (χ3v) is 3.44. The van der Waals surface area contributed by atoms with Crippen LogP contribution in [-0.4, -0.2) is 18.5 Å². The van der Waals surface area contributed by atoms with Gasteiger partial charge in [0.15, 0.2) is 0 Å². The minimum Gasteiger partial charge on any atom is -0.348 e. The first kappa shape index (κ1) is 16.3. The van der Waals surface area contributed by atoms with Crippen molar-refractivity contribution in [3.63, 3.8) is 0 Å². The Kier molecular flexibility index (Phi) is 6.63. The van der Waals surface area contributed by atoms with Crippen molar-refractivity contribution >= 4 is 29.1 Å². The van der Waals surface area contributed by atoms with E-state index in [4.69, 9.17) is 23.2 Å². The quantitative estimate of drug-likeness (QED) is 0.843. The van der Waals surface area contributed by atoms with Crippen molar-refractivity contribution in [2.24, 2.45) is 0 Å². The largest absolute Gasteiger partial charge is 0.348 e.